The van der Waals surface area contributed by atoms with E-state index in [-0.39, 0.29) is 18.0 Å². The van der Waals surface area contributed by atoms with E-state index >= 15 is 0 Å². The maximum Gasteiger partial charge on any atom is 0.128 e. The van der Waals surface area contributed by atoms with E-state index in [1.54, 1.807) is 12.1 Å². The molecule has 2 aromatic carbocycles. The predicted molar refractivity (Wildman–Crippen MR) is 87.2 cm³/mol. The van der Waals surface area contributed by atoms with Crippen molar-refractivity contribution < 1.29 is 9.13 Å². The van der Waals surface area contributed by atoms with Gasteiger partial charge in [-0.3, -0.25) is 0 Å². The van der Waals surface area contributed by atoms with Gasteiger partial charge in [-0.05, 0) is 56.8 Å². The first-order valence-electron chi connectivity index (χ1n) is 6.90. The Balaban J connectivity index is 2.39. The Bertz CT molecular complexity index is 615. The van der Waals surface area contributed by atoms with Gasteiger partial charge in [0.1, 0.15) is 11.6 Å². The van der Waals surface area contributed by atoms with Crippen molar-refractivity contribution in [1.82, 2.24) is 5.32 Å². The minimum atomic E-state index is -0.229. The molecule has 0 radical (unpaired) electrons. The van der Waals surface area contributed by atoms with E-state index in [9.17, 15) is 4.39 Å². The Morgan fingerprint density at radius 1 is 1.14 bits per heavy atom. The van der Waals surface area contributed by atoms with Gasteiger partial charge in [0.05, 0.1) is 12.1 Å². The Hall–Kier alpha value is -1.39. The quantitative estimate of drug-likeness (QED) is 0.843. The summed E-state index contributed by atoms with van der Waals surface area (Å²) in [7, 11) is 1.82. The summed E-state index contributed by atoms with van der Waals surface area (Å²) in [5.41, 5.74) is 1.57. The maximum absolute atomic E-state index is 14.1. The molecular formula is C17H19BrFNO. The second-order valence-corrected chi connectivity index (χ2v) is 6.04. The highest BCUT2D eigenvalue weighted by Gasteiger charge is 2.17. The van der Waals surface area contributed by atoms with Crippen LogP contribution in [0.15, 0.2) is 46.9 Å². The summed E-state index contributed by atoms with van der Waals surface area (Å²) >= 11 is 3.39. The van der Waals surface area contributed by atoms with E-state index in [1.807, 2.05) is 45.2 Å². The molecule has 21 heavy (non-hydrogen) atoms. The number of rotatable bonds is 5. The zero-order chi connectivity index (χ0) is 15.4. The molecule has 0 fully saturated rings. The van der Waals surface area contributed by atoms with Crippen molar-refractivity contribution in [3.05, 3.63) is 63.9 Å². The lowest BCUT2D eigenvalue weighted by Gasteiger charge is -2.19. The van der Waals surface area contributed by atoms with Crippen LogP contribution >= 0.6 is 15.9 Å². The van der Waals surface area contributed by atoms with Crippen molar-refractivity contribution in [1.29, 1.82) is 0 Å². The maximum atomic E-state index is 14.1. The third-order valence-corrected chi connectivity index (χ3v) is 3.61. The molecule has 0 amide bonds. The monoisotopic (exact) mass is 351 g/mol. The van der Waals surface area contributed by atoms with Crippen LogP contribution in [0.25, 0.3) is 0 Å². The Morgan fingerprint density at radius 3 is 2.57 bits per heavy atom. The van der Waals surface area contributed by atoms with Crippen molar-refractivity contribution in [2.24, 2.45) is 0 Å². The predicted octanol–water partition coefficient (Wildman–Crippen LogP) is 4.68. The molecule has 0 aliphatic heterocycles. The van der Waals surface area contributed by atoms with Gasteiger partial charge in [-0.25, -0.2) is 4.39 Å². The molecule has 0 heterocycles. The smallest absolute Gasteiger partial charge is 0.128 e. The minimum absolute atomic E-state index is 0.107. The summed E-state index contributed by atoms with van der Waals surface area (Å²) in [6.07, 6.45) is 0.107. The van der Waals surface area contributed by atoms with E-state index in [4.69, 9.17) is 4.74 Å². The second kappa shape index (κ2) is 7.05. The fourth-order valence-electron chi connectivity index (χ4n) is 2.28. The molecule has 112 valence electrons. The zero-order valence-electron chi connectivity index (χ0n) is 12.4. The molecule has 1 unspecified atom stereocenters. The molecule has 1 N–H and O–H groups in total. The standard InChI is InChI=1S/C17H19BrFNO/c1-11(2)21-14-6-4-5-12(9-14)17(20-3)15-10-13(18)7-8-16(15)19/h4-11,17,20H,1-3H3. The molecule has 0 spiro atoms. The Kier molecular flexibility index (Phi) is 5.37. The number of ether oxygens (including phenoxy) is 1. The number of hydrogen-bond donors (Lipinski definition) is 1. The SMILES string of the molecule is CNC(c1cccc(OC(C)C)c1)c1cc(Br)ccc1F. The average Bonchev–Trinajstić information content (AvgIpc) is 2.43. The molecule has 0 aliphatic carbocycles. The molecule has 4 heteroatoms. The Morgan fingerprint density at radius 2 is 1.90 bits per heavy atom. The summed E-state index contributed by atoms with van der Waals surface area (Å²) in [6, 6.07) is 12.5. The normalized spacial score (nSPS) is 12.5. The largest absolute Gasteiger partial charge is 0.491 e. The summed E-state index contributed by atoms with van der Waals surface area (Å²) in [5, 5.41) is 3.17. The van der Waals surface area contributed by atoms with Crippen LogP contribution in [0.2, 0.25) is 0 Å². The van der Waals surface area contributed by atoms with E-state index in [0.29, 0.717) is 5.56 Å². The molecular weight excluding hydrogens is 333 g/mol. The molecule has 2 aromatic rings. The number of hydrogen-bond acceptors (Lipinski definition) is 2. The van der Waals surface area contributed by atoms with Crippen molar-refractivity contribution >= 4 is 15.9 Å². The third-order valence-electron chi connectivity index (χ3n) is 3.12. The van der Waals surface area contributed by atoms with E-state index in [1.165, 1.54) is 6.07 Å². The minimum Gasteiger partial charge on any atom is -0.491 e. The van der Waals surface area contributed by atoms with Crippen LogP contribution in [0.4, 0.5) is 4.39 Å². The van der Waals surface area contributed by atoms with Gasteiger partial charge < -0.3 is 10.1 Å². The molecule has 0 saturated carbocycles. The van der Waals surface area contributed by atoms with E-state index in [2.05, 4.69) is 21.2 Å². The first-order valence-corrected chi connectivity index (χ1v) is 7.69. The lowest BCUT2D eigenvalue weighted by molar-refractivity contribution is 0.242. The first kappa shape index (κ1) is 16.0. The molecule has 0 bridgehead atoms. The fourth-order valence-corrected chi connectivity index (χ4v) is 2.66. The molecule has 2 nitrogen and oxygen atoms in total. The molecule has 2 rings (SSSR count). The summed E-state index contributed by atoms with van der Waals surface area (Å²) in [4.78, 5) is 0. The van der Waals surface area contributed by atoms with Gasteiger partial charge in [0.2, 0.25) is 0 Å². The highest BCUT2D eigenvalue weighted by molar-refractivity contribution is 9.10. The average molecular weight is 352 g/mol. The van der Waals surface area contributed by atoms with Gasteiger partial charge in [-0.2, -0.15) is 0 Å². The van der Waals surface area contributed by atoms with E-state index < -0.39 is 0 Å². The fraction of sp³-hybridized carbons (Fsp3) is 0.294. The van der Waals surface area contributed by atoms with Crippen LogP contribution in [0.5, 0.6) is 5.75 Å². The van der Waals surface area contributed by atoms with Gasteiger partial charge in [-0.15, -0.1) is 0 Å². The lowest BCUT2D eigenvalue weighted by atomic mass is 9.98. The zero-order valence-corrected chi connectivity index (χ0v) is 13.9. The summed E-state index contributed by atoms with van der Waals surface area (Å²) in [6.45, 7) is 3.96. The second-order valence-electron chi connectivity index (χ2n) is 5.13. The van der Waals surface area contributed by atoms with Gasteiger partial charge in [0.15, 0.2) is 0 Å². The van der Waals surface area contributed by atoms with Crippen molar-refractivity contribution in [2.75, 3.05) is 7.05 Å². The van der Waals surface area contributed by atoms with Crippen molar-refractivity contribution in [3.63, 3.8) is 0 Å². The first-order chi connectivity index (χ1) is 10.0. The molecule has 1 atom stereocenters. The molecule has 0 aromatic heterocycles. The summed E-state index contributed by atoms with van der Waals surface area (Å²) < 4.78 is 20.7. The Labute approximate surface area is 133 Å². The highest BCUT2D eigenvalue weighted by atomic mass is 79.9. The topological polar surface area (TPSA) is 21.3 Å². The van der Waals surface area contributed by atoms with Gasteiger partial charge in [-0.1, -0.05) is 28.1 Å². The summed E-state index contributed by atoms with van der Waals surface area (Å²) in [5.74, 6) is 0.561. The molecule has 0 aliphatic rings. The van der Waals surface area contributed by atoms with E-state index in [0.717, 1.165) is 15.8 Å². The van der Waals surface area contributed by atoms with Crippen LogP contribution in [0, 0.1) is 5.82 Å². The van der Waals surface area contributed by atoms with Crippen molar-refractivity contribution in [2.45, 2.75) is 26.0 Å². The van der Waals surface area contributed by atoms with Crippen LogP contribution in [-0.2, 0) is 0 Å². The highest BCUT2D eigenvalue weighted by Crippen LogP contribution is 2.29. The van der Waals surface area contributed by atoms with Crippen LogP contribution in [0.1, 0.15) is 31.0 Å². The van der Waals surface area contributed by atoms with Crippen LogP contribution in [-0.4, -0.2) is 13.2 Å². The lowest BCUT2D eigenvalue weighted by Crippen LogP contribution is -2.19. The van der Waals surface area contributed by atoms with Gasteiger partial charge in [0, 0.05) is 10.0 Å². The molecule has 0 saturated heterocycles. The van der Waals surface area contributed by atoms with Crippen molar-refractivity contribution in [3.8, 4) is 5.75 Å². The van der Waals surface area contributed by atoms with Crippen LogP contribution in [0.3, 0.4) is 0 Å². The van der Waals surface area contributed by atoms with Crippen LogP contribution < -0.4 is 10.1 Å². The third kappa shape index (κ3) is 4.05. The number of nitrogens with one attached hydrogen (secondary N) is 1. The van der Waals surface area contributed by atoms with Gasteiger partial charge in [0.25, 0.3) is 0 Å². The number of benzene rings is 2. The number of halogens is 2. The van der Waals surface area contributed by atoms with Gasteiger partial charge >= 0.3 is 0 Å².